The molecule has 1 heterocycles. The summed E-state index contributed by atoms with van der Waals surface area (Å²) in [6, 6.07) is 11.5. The van der Waals surface area contributed by atoms with E-state index in [4.69, 9.17) is 18.9 Å². The smallest absolute Gasteiger partial charge is 0.329 e. The molecule has 0 spiro atoms. The third kappa shape index (κ3) is 6.34. The summed E-state index contributed by atoms with van der Waals surface area (Å²) in [6.07, 6.45) is 3.41. The number of carboxylic acids is 1. The third-order valence-electron chi connectivity index (χ3n) is 7.20. The maximum absolute atomic E-state index is 12.2. The molecular formula is C28H36N2O7. The first kappa shape index (κ1) is 26.8. The van der Waals surface area contributed by atoms with Crippen molar-refractivity contribution in [3.8, 4) is 22.6 Å². The van der Waals surface area contributed by atoms with E-state index in [0.29, 0.717) is 49.8 Å². The molecule has 3 N–H and O–H groups in total. The number of amides is 1. The number of aliphatic carboxylic acids is 1. The Balaban J connectivity index is 1.67. The Morgan fingerprint density at radius 2 is 1.76 bits per heavy atom. The maximum Gasteiger partial charge on any atom is 0.329 e. The molecule has 1 aliphatic heterocycles. The predicted molar refractivity (Wildman–Crippen MR) is 139 cm³/mol. The van der Waals surface area contributed by atoms with Crippen LogP contribution < -0.4 is 20.1 Å². The van der Waals surface area contributed by atoms with E-state index in [1.54, 1.807) is 14.2 Å². The second-order valence-electron chi connectivity index (χ2n) is 9.69. The molecule has 2 aromatic rings. The fraction of sp³-hybridized carbons (Fsp3) is 0.500. The molecule has 0 bridgehead atoms. The van der Waals surface area contributed by atoms with Gasteiger partial charge in [0, 0.05) is 44.7 Å². The lowest BCUT2D eigenvalue weighted by molar-refractivity contribution is -0.145. The van der Waals surface area contributed by atoms with Gasteiger partial charge in [0.2, 0.25) is 5.91 Å². The number of hydrogen-bond donors (Lipinski definition) is 3. The summed E-state index contributed by atoms with van der Waals surface area (Å²) in [6.45, 7) is 2.61. The molecule has 2 aromatic carbocycles. The van der Waals surface area contributed by atoms with Crippen molar-refractivity contribution in [2.45, 2.75) is 63.3 Å². The Bertz CT molecular complexity index is 1090. The Morgan fingerprint density at radius 1 is 1.05 bits per heavy atom. The molecule has 2 atom stereocenters. The minimum Gasteiger partial charge on any atom is -0.497 e. The zero-order valence-corrected chi connectivity index (χ0v) is 21.7. The first-order chi connectivity index (χ1) is 17.8. The molecule has 2 fully saturated rings. The second kappa shape index (κ2) is 11.8. The summed E-state index contributed by atoms with van der Waals surface area (Å²) in [7, 11) is 3.22. The van der Waals surface area contributed by atoms with Crippen LogP contribution in [0.25, 0.3) is 11.1 Å². The summed E-state index contributed by atoms with van der Waals surface area (Å²) < 4.78 is 22.7. The molecule has 1 aliphatic carbocycles. The van der Waals surface area contributed by atoms with Crippen molar-refractivity contribution in [3.63, 3.8) is 0 Å². The highest BCUT2D eigenvalue weighted by atomic mass is 16.5. The Labute approximate surface area is 217 Å². The number of carbonyl (C=O) groups is 2. The van der Waals surface area contributed by atoms with E-state index < -0.39 is 11.5 Å². The van der Waals surface area contributed by atoms with Gasteiger partial charge in [-0.15, -0.1) is 0 Å². The molecular weight excluding hydrogens is 476 g/mol. The van der Waals surface area contributed by atoms with E-state index in [2.05, 4.69) is 10.6 Å². The van der Waals surface area contributed by atoms with Crippen LogP contribution in [-0.2, 0) is 25.7 Å². The van der Waals surface area contributed by atoms with Crippen molar-refractivity contribution in [2.24, 2.45) is 0 Å². The highest BCUT2D eigenvalue weighted by Crippen LogP contribution is 2.35. The number of ether oxygens (including phenoxy) is 4. The second-order valence-corrected chi connectivity index (χ2v) is 9.69. The number of carbonyl (C=O) groups excluding carboxylic acids is 1. The molecule has 0 aromatic heterocycles. The van der Waals surface area contributed by atoms with E-state index in [9.17, 15) is 14.7 Å². The number of rotatable bonds is 10. The van der Waals surface area contributed by atoms with Crippen LogP contribution >= 0.6 is 0 Å². The van der Waals surface area contributed by atoms with Gasteiger partial charge in [0.1, 0.15) is 17.0 Å². The van der Waals surface area contributed by atoms with Crippen molar-refractivity contribution >= 4 is 17.6 Å². The summed E-state index contributed by atoms with van der Waals surface area (Å²) in [5.74, 6) is 0.375. The number of benzene rings is 2. The lowest BCUT2D eigenvalue weighted by Gasteiger charge is -2.35. The van der Waals surface area contributed by atoms with Crippen LogP contribution in [-0.4, -0.2) is 62.1 Å². The van der Waals surface area contributed by atoms with E-state index in [-0.39, 0.29) is 18.1 Å². The van der Waals surface area contributed by atoms with E-state index in [1.165, 1.54) is 6.92 Å². The minimum atomic E-state index is -1.08. The zero-order valence-electron chi connectivity index (χ0n) is 21.7. The van der Waals surface area contributed by atoms with Crippen molar-refractivity contribution in [1.29, 1.82) is 0 Å². The average molecular weight is 513 g/mol. The zero-order chi connectivity index (χ0) is 26.4. The molecule has 37 heavy (non-hydrogen) atoms. The summed E-state index contributed by atoms with van der Waals surface area (Å²) in [5, 5.41) is 16.3. The molecule has 9 nitrogen and oxygen atoms in total. The van der Waals surface area contributed by atoms with Gasteiger partial charge in [-0.2, -0.15) is 0 Å². The van der Waals surface area contributed by atoms with Gasteiger partial charge >= 0.3 is 5.97 Å². The average Bonchev–Trinajstić information content (AvgIpc) is 3.33. The molecule has 4 rings (SSSR count). The van der Waals surface area contributed by atoms with Gasteiger partial charge in [0.05, 0.1) is 33.0 Å². The highest BCUT2D eigenvalue weighted by Gasteiger charge is 2.40. The highest BCUT2D eigenvalue weighted by molar-refractivity contribution is 5.83. The topological polar surface area (TPSA) is 115 Å². The summed E-state index contributed by atoms with van der Waals surface area (Å²) in [4.78, 5) is 23.9. The molecule has 0 unspecified atom stereocenters. The standard InChI is InChI=1S/C28H36N2O7/c1-18(31)29-25-5-4-6-26(25)37-17-20-13-21(30-28(27(32)33)9-11-36-12-10-28)7-8-24(20)19-14-22(34-2)16-23(15-19)35-3/h7-8,13-16,25-26,30H,4-6,9-12,17H2,1-3H3,(H,29,31)(H,32,33)/t25-,26+/m1/s1. The van der Waals surface area contributed by atoms with Gasteiger partial charge in [-0.1, -0.05) is 6.07 Å². The van der Waals surface area contributed by atoms with Gasteiger partial charge in [0.15, 0.2) is 0 Å². The number of methoxy groups -OCH3 is 2. The molecule has 1 saturated carbocycles. The van der Waals surface area contributed by atoms with Gasteiger partial charge < -0.3 is 34.7 Å². The predicted octanol–water partition coefficient (Wildman–Crippen LogP) is 3.99. The fourth-order valence-electron chi connectivity index (χ4n) is 5.17. The molecule has 1 saturated heterocycles. The normalized spacial score (nSPS) is 20.7. The van der Waals surface area contributed by atoms with Crippen LogP contribution in [0.15, 0.2) is 36.4 Å². The molecule has 1 amide bonds. The van der Waals surface area contributed by atoms with Gasteiger partial charge in [-0.3, -0.25) is 4.79 Å². The van der Waals surface area contributed by atoms with Gasteiger partial charge in [-0.25, -0.2) is 4.79 Å². The van der Waals surface area contributed by atoms with E-state index in [1.807, 2.05) is 36.4 Å². The fourth-order valence-corrected chi connectivity index (χ4v) is 5.17. The maximum atomic E-state index is 12.2. The number of nitrogens with one attached hydrogen (secondary N) is 2. The van der Waals surface area contributed by atoms with Crippen LogP contribution in [0.5, 0.6) is 11.5 Å². The lowest BCUT2D eigenvalue weighted by atomic mass is 9.89. The van der Waals surface area contributed by atoms with Crippen LogP contribution in [0, 0.1) is 0 Å². The minimum absolute atomic E-state index is 0.0170. The first-order valence-corrected chi connectivity index (χ1v) is 12.7. The van der Waals surface area contributed by atoms with Crippen molar-refractivity contribution < 1.29 is 33.6 Å². The van der Waals surface area contributed by atoms with E-state index in [0.717, 1.165) is 36.0 Å². The van der Waals surface area contributed by atoms with Crippen molar-refractivity contribution in [3.05, 3.63) is 42.0 Å². The molecule has 2 aliphatic rings. The number of anilines is 1. The number of carboxylic acid groups (broad SMARTS) is 1. The van der Waals surface area contributed by atoms with Crippen molar-refractivity contribution in [2.75, 3.05) is 32.8 Å². The molecule has 200 valence electrons. The summed E-state index contributed by atoms with van der Waals surface area (Å²) in [5.41, 5.74) is 2.32. The van der Waals surface area contributed by atoms with Gasteiger partial charge in [0.25, 0.3) is 0 Å². The van der Waals surface area contributed by atoms with Crippen LogP contribution in [0.4, 0.5) is 5.69 Å². The van der Waals surface area contributed by atoms with Crippen LogP contribution in [0.1, 0.15) is 44.6 Å². The van der Waals surface area contributed by atoms with E-state index >= 15 is 0 Å². The monoisotopic (exact) mass is 512 g/mol. The largest absolute Gasteiger partial charge is 0.497 e. The SMILES string of the molecule is COc1cc(OC)cc(-c2ccc(NC3(C(=O)O)CCOCC3)cc2CO[C@H]2CCC[C@H]2NC(C)=O)c1. The van der Waals surface area contributed by atoms with Gasteiger partial charge in [-0.05, 0) is 60.2 Å². The third-order valence-corrected chi connectivity index (χ3v) is 7.20. The quantitative estimate of drug-likeness (QED) is 0.438. The summed E-state index contributed by atoms with van der Waals surface area (Å²) >= 11 is 0. The van der Waals surface area contributed by atoms with Crippen LogP contribution in [0.3, 0.4) is 0 Å². The Morgan fingerprint density at radius 3 is 2.38 bits per heavy atom. The van der Waals surface area contributed by atoms with Crippen LogP contribution in [0.2, 0.25) is 0 Å². The lowest BCUT2D eigenvalue weighted by Crippen LogP contribution is -2.50. The molecule has 0 radical (unpaired) electrons. The molecule has 9 heteroatoms. The first-order valence-electron chi connectivity index (χ1n) is 12.7. The Kier molecular flexibility index (Phi) is 8.56. The van der Waals surface area contributed by atoms with Crippen molar-refractivity contribution in [1.82, 2.24) is 5.32 Å². The Hall–Kier alpha value is -3.30. The number of hydrogen-bond acceptors (Lipinski definition) is 7.